The second-order valence-corrected chi connectivity index (χ2v) is 5.12. The fourth-order valence-corrected chi connectivity index (χ4v) is 2.57. The van der Waals surface area contributed by atoms with Gasteiger partial charge in [0.15, 0.2) is 0 Å². The van der Waals surface area contributed by atoms with Crippen LogP contribution in [-0.2, 0) is 4.74 Å². The Morgan fingerprint density at radius 2 is 2.20 bits per heavy atom. The van der Waals surface area contributed by atoms with Crippen LogP contribution in [0.15, 0.2) is 41.6 Å². The highest BCUT2D eigenvalue weighted by Gasteiger charge is 2.07. The van der Waals surface area contributed by atoms with Crippen LogP contribution >= 0.6 is 11.8 Å². The number of nitrogens with one attached hydrogen (secondary N) is 1. The van der Waals surface area contributed by atoms with Gasteiger partial charge in [0.05, 0.1) is 5.69 Å². The molecule has 0 fully saturated rings. The molecular formula is C15H21N3OS. The van der Waals surface area contributed by atoms with Gasteiger partial charge in [-0.2, -0.15) is 0 Å². The van der Waals surface area contributed by atoms with Gasteiger partial charge in [-0.25, -0.2) is 4.98 Å². The Bertz CT molecular complexity index is 527. The number of imidazole rings is 1. The maximum atomic E-state index is 5.33. The fraction of sp³-hybridized carbons (Fsp3) is 0.400. The summed E-state index contributed by atoms with van der Waals surface area (Å²) in [6.07, 6.45) is 6.87. The van der Waals surface area contributed by atoms with Crippen molar-refractivity contribution < 1.29 is 4.74 Å². The van der Waals surface area contributed by atoms with Crippen LogP contribution in [0.2, 0.25) is 0 Å². The third-order valence-corrected chi connectivity index (χ3v) is 3.72. The number of aromatic nitrogens is 2. The van der Waals surface area contributed by atoms with Crippen molar-refractivity contribution in [3.8, 4) is 5.69 Å². The topological polar surface area (TPSA) is 39.1 Å². The first-order valence-electron chi connectivity index (χ1n) is 6.85. The number of ether oxygens (including phenoxy) is 1. The highest BCUT2D eigenvalue weighted by Crippen LogP contribution is 2.25. The molecule has 2 rings (SSSR count). The SMILES string of the molecule is CCOCCCNc1nccn1-c1ccccc1SC. The van der Waals surface area contributed by atoms with E-state index in [0.717, 1.165) is 37.8 Å². The summed E-state index contributed by atoms with van der Waals surface area (Å²) in [5.41, 5.74) is 1.16. The molecule has 0 spiro atoms. The number of rotatable bonds is 8. The summed E-state index contributed by atoms with van der Waals surface area (Å²) in [6.45, 7) is 4.43. The van der Waals surface area contributed by atoms with Gasteiger partial charge in [-0.15, -0.1) is 11.8 Å². The van der Waals surface area contributed by atoms with Gasteiger partial charge < -0.3 is 10.1 Å². The second kappa shape index (κ2) is 7.97. The first-order chi connectivity index (χ1) is 9.86. The van der Waals surface area contributed by atoms with Gasteiger partial charge in [-0.1, -0.05) is 12.1 Å². The van der Waals surface area contributed by atoms with Crippen LogP contribution in [0.25, 0.3) is 5.69 Å². The Morgan fingerprint density at radius 1 is 1.35 bits per heavy atom. The summed E-state index contributed by atoms with van der Waals surface area (Å²) in [6, 6.07) is 8.34. The van der Waals surface area contributed by atoms with E-state index in [1.807, 2.05) is 25.4 Å². The zero-order valence-corrected chi connectivity index (χ0v) is 12.8. The Labute approximate surface area is 124 Å². The molecule has 0 unspecified atom stereocenters. The molecule has 108 valence electrons. The smallest absolute Gasteiger partial charge is 0.207 e. The Hall–Kier alpha value is -1.46. The van der Waals surface area contributed by atoms with Crippen LogP contribution in [0, 0.1) is 0 Å². The molecule has 0 radical (unpaired) electrons. The number of hydrogen-bond donors (Lipinski definition) is 1. The molecule has 1 aromatic heterocycles. The molecule has 0 saturated carbocycles. The predicted octanol–water partition coefficient (Wildman–Crippen LogP) is 3.43. The molecule has 1 heterocycles. The standard InChI is InChI=1S/C15H21N3OS/c1-3-19-12-6-9-16-15-17-10-11-18(15)13-7-4-5-8-14(13)20-2/h4-5,7-8,10-11H,3,6,9,12H2,1-2H3,(H,16,17). The molecule has 1 N–H and O–H groups in total. The molecular weight excluding hydrogens is 270 g/mol. The van der Waals surface area contributed by atoms with Gasteiger partial charge in [0.2, 0.25) is 5.95 Å². The number of nitrogens with zero attached hydrogens (tertiary/aromatic N) is 2. The van der Waals surface area contributed by atoms with Crippen LogP contribution in [-0.4, -0.2) is 35.6 Å². The average Bonchev–Trinajstić information content (AvgIpc) is 2.95. The maximum absolute atomic E-state index is 5.33. The van der Waals surface area contributed by atoms with E-state index in [1.165, 1.54) is 4.90 Å². The van der Waals surface area contributed by atoms with Crippen molar-refractivity contribution in [3.63, 3.8) is 0 Å². The number of para-hydroxylation sites is 1. The average molecular weight is 291 g/mol. The lowest BCUT2D eigenvalue weighted by atomic mass is 10.3. The zero-order chi connectivity index (χ0) is 14.2. The molecule has 5 heteroatoms. The van der Waals surface area contributed by atoms with Gasteiger partial charge in [0.25, 0.3) is 0 Å². The Morgan fingerprint density at radius 3 is 3.00 bits per heavy atom. The lowest BCUT2D eigenvalue weighted by molar-refractivity contribution is 0.147. The van der Waals surface area contributed by atoms with Crippen LogP contribution in [0.5, 0.6) is 0 Å². The summed E-state index contributed by atoms with van der Waals surface area (Å²) in [5, 5.41) is 3.36. The molecule has 0 saturated heterocycles. The molecule has 2 aromatic rings. The van der Waals surface area contributed by atoms with Crippen molar-refractivity contribution >= 4 is 17.7 Å². The summed E-state index contributed by atoms with van der Waals surface area (Å²) in [5.74, 6) is 0.878. The highest BCUT2D eigenvalue weighted by atomic mass is 32.2. The molecule has 4 nitrogen and oxygen atoms in total. The summed E-state index contributed by atoms with van der Waals surface area (Å²) in [4.78, 5) is 5.63. The molecule has 0 aliphatic rings. The predicted molar refractivity (Wildman–Crippen MR) is 84.9 cm³/mol. The highest BCUT2D eigenvalue weighted by molar-refractivity contribution is 7.98. The van der Waals surface area contributed by atoms with Gasteiger partial charge in [0.1, 0.15) is 0 Å². The zero-order valence-electron chi connectivity index (χ0n) is 12.0. The minimum atomic E-state index is 0.774. The van der Waals surface area contributed by atoms with Crippen LogP contribution in [0.4, 0.5) is 5.95 Å². The van der Waals surface area contributed by atoms with E-state index in [2.05, 4.69) is 39.3 Å². The quantitative estimate of drug-likeness (QED) is 0.597. The fourth-order valence-electron chi connectivity index (χ4n) is 1.98. The first kappa shape index (κ1) is 14.9. The van der Waals surface area contributed by atoms with Crippen molar-refractivity contribution in [1.82, 2.24) is 9.55 Å². The van der Waals surface area contributed by atoms with E-state index in [1.54, 1.807) is 11.8 Å². The van der Waals surface area contributed by atoms with Crippen molar-refractivity contribution in [2.45, 2.75) is 18.2 Å². The van der Waals surface area contributed by atoms with E-state index in [4.69, 9.17) is 4.74 Å². The van der Waals surface area contributed by atoms with Crippen LogP contribution < -0.4 is 5.32 Å². The number of anilines is 1. The number of thioether (sulfide) groups is 1. The van der Waals surface area contributed by atoms with E-state index >= 15 is 0 Å². The van der Waals surface area contributed by atoms with Crippen LogP contribution in [0.1, 0.15) is 13.3 Å². The molecule has 20 heavy (non-hydrogen) atoms. The van der Waals surface area contributed by atoms with E-state index in [9.17, 15) is 0 Å². The van der Waals surface area contributed by atoms with Crippen molar-refractivity contribution in [2.24, 2.45) is 0 Å². The minimum Gasteiger partial charge on any atom is -0.382 e. The molecule has 0 aliphatic heterocycles. The van der Waals surface area contributed by atoms with E-state index in [-0.39, 0.29) is 0 Å². The van der Waals surface area contributed by atoms with E-state index in [0.29, 0.717) is 0 Å². The molecule has 0 atom stereocenters. The summed E-state index contributed by atoms with van der Waals surface area (Å²) < 4.78 is 7.42. The lowest BCUT2D eigenvalue weighted by Crippen LogP contribution is -2.10. The summed E-state index contributed by atoms with van der Waals surface area (Å²) in [7, 11) is 0. The van der Waals surface area contributed by atoms with Gasteiger partial charge in [0, 0.05) is 37.0 Å². The third-order valence-electron chi connectivity index (χ3n) is 2.94. The largest absolute Gasteiger partial charge is 0.382 e. The van der Waals surface area contributed by atoms with Gasteiger partial charge >= 0.3 is 0 Å². The van der Waals surface area contributed by atoms with E-state index < -0.39 is 0 Å². The Balaban J connectivity index is 2.04. The molecule has 1 aromatic carbocycles. The molecule has 0 aliphatic carbocycles. The molecule has 0 bridgehead atoms. The Kier molecular flexibility index (Phi) is 5.95. The van der Waals surface area contributed by atoms with Crippen LogP contribution in [0.3, 0.4) is 0 Å². The maximum Gasteiger partial charge on any atom is 0.207 e. The van der Waals surface area contributed by atoms with Gasteiger partial charge in [-0.3, -0.25) is 4.57 Å². The van der Waals surface area contributed by atoms with Gasteiger partial charge in [-0.05, 0) is 31.7 Å². The van der Waals surface area contributed by atoms with Crippen molar-refractivity contribution in [3.05, 3.63) is 36.7 Å². The monoisotopic (exact) mass is 291 g/mol. The first-order valence-corrected chi connectivity index (χ1v) is 8.07. The second-order valence-electron chi connectivity index (χ2n) is 4.27. The summed E-state index contributed by atoms with van der Waals surface area (Å²) >= 11 is 1.74. The van der Waals surface area contributed by atoms with Crippen molar-refractivity contribution in [1.29, 1.82) is 0 Å². The number of hydrogen-bond acceptors (Lipinski definition) is 4. The normalized spacial score (nSPS) is 10.7. The van der Waals surface area contributed by atoms with Crippen molar-refractivity contribution in [2.75, 3.05) is 31.3 Å². The number of benzene rings is 1. The third kappa shape index (κ3) is 3.77. The molecule has 0 amide bonds. The lowest BCUT2D eigenvalue weighted by Gasteiger charge is -2.12. The minimum absolute atomic E-state index is 0.774.